The van der Waals surface area contributed by atoms with Crippen molar-refractivity contribution in [1.29, 1.82) is 0 Å². The third-order valence-electron chi connectivity index (χ3n) is 2.39. The number of hydrogen-bond acceptors (Lipinski definition) is 5. The molecule has 0 heterocycles. The molecule has 0 saturated heterocycles. The molecule has 0 aromatic carbocycles. The minimum Gasteiger partial charge on any atom is -0.392 e. The normalized spacial score (nSPS) is 15.4. The second-order valence-corrected chi connectivity index (χ2v) is 5.73. The van der Waals surface area contributed by atoms with Gasteiger partial charge in [-0.1, -0.05) is 13.8 Å². The highest BCUT2D eigenvalue weighted by Gasteiger charge is 2.36. The quantitative estimate of drug-likeness (QED) is 0.421. The molecule has 2 N–H and O–H groups in total. The number of hydrogen-bond donors (Lipinski definition) is 4. The monoisotopic (exact) mass is 265 g/mol. The van der Waals surface area contributed by atoms with Gasteiger partial charge in [0.1, 0.15) is 4.08 Å². The van der Waals surface area contributed by atoms with E-state index in [4.69, 9.17) is 0 Å². The largest absolute Gasteiger partial charge is 0.392 e. The Labute approximate surface area is 107 Å². The Hall–Kier alpha value is -0.200. The number of amides is 1. The molecule has 0 aliphatic rings. The van der Waals surface area contributed by atoms with E-state index in [1.807, 2.05) is 0 Å². The van der Waals surface area contributed by atoms with Crippen LogP contribution in [0.15, 0.2) is 0 Å². The van der Waals surface area contributed by atoms with Gasteiger partial charge in [-0.25, -0.2) is 0 Å². The zero-order valence-electron chi connectivity index (χ0n) is 9.73. The van der Waals surface area contributed by atoms with Gasteiger partial charge in [0.25, 0.3) is 0 Å². The first-order valence-electron chi connectivity index (χ1n) is 5.14. The minimum atomic E-state index is -1.25. The molecule has 0 aliphatic heterocycles. The fourth-order valence-corrected chi connectivity index (χ4v) is 1.79. The molecule has 0 spiro atoms. The van der Waals surface area contributed by atoms with E-state index in [1.165, 1.54) is 6.92 Å². The smallest absolute Gasteiger partial charge is 0.216 e. The van der Waals surface area contributed by atoms with Crippen LogP contribution in [0.2, 0.25) is 0 Å². The maximum Gasteiger partial charge on any atom is 0.216 e. The lowest BCUT2D eigenvalue weighted by molar-refractivity contribution is -0.126. The Morgan fingerprint density at radius 2 is 1.94 bits per heavy atom. The molecule has 1 amide bonds. The maximum atomic E-state index is 11.9. The van der Waals surface area contributed by atoms with E-state index in [1.54, 1.807) is 13.8 Å². The first-order valence-corrected chi connectivity index (χ1v) is 6.03. The van der Waals surface area contributed by atoms with Crippen LogP contribution in [0.1, 0.15) is 27.2 Å². The molecular formula is C10H19NO3S2. The van der Waals surface area contributed by atoms with Crippen LogP contribution >= 0.6 is 25.3 Å². The van der Waals surface area contributed by atoms with Gasteiger partial charge in [0.15, 0.2) is 5.78 Å². The van der Waals surface area contributed by atoms with E-state index in [9.17, 15) is 14.7 Å². The van der Waals surface area contributed by atoms with Gasteiger partial charge in [0.2, 0.25) is 5.91 Å². The van der Waals surface area contributed by atoms with E-state index in [0.717, 1.165) is 0 Å². The molecule has 16 heavy (non-hydrogen) atoms. The van der Waals surface area contributed by atoms with Crippen LogP contribution in [-0.2, 0) is 9.59 Å². The van der Waals surface area contributed by atoms with Crippen molar-refractivity contribution in [2.45, 2.75) is 37.4 Å². The number of ketones is 1. The van der Waals surface area contributed by atoms with Crippen LogP contribution in [0.3, 0.4) is 0 Å². The minimum absolute atomic E-state index is 0.0359. The summed E-state index contributed by atoms with van der Waals surface area (Å²) in [5, 5.41) is 12.0. The first kappa shape index (κ1) is 15.8. The van der Waals surface area contributed by atoms with Crippen molar-refractivity contribution in [3.8, 4) is 0 Å². The Kier molecular flexibility index (Phi) is 6.43. The number of carbonyl (C=O) groups is 2. The van der Waals surface area contributed by atoms with Crippen molar-refractivity contribution in [2.75, 3.05) is 6.54 Å². The van der Waals surface area contributed by atoms with Crippen molar-refractivity contribution in [3.63, 3.8) is 0 Å². The lowest BCUT2D eigenvalue weighted by Crippen LogP contribution is -2.45. The van der Waals surface area contributed by atoms with Gasteiger partial charge < -0.3 is 10.4 Å². The molecule has 0 saturated carbocycles. The van der Waals surface area contributed by atoms with Gasteiger partial charge in [0.05, 0.1) is 6.10 Å². The average Bonchev–Trinajstić information content (AvgIpc) is 2.23. The predicted molar refractivity (Wildman–Crippen MR) is 69.9 cm³/mol. The Balaban J connectivity index is 4.49. The van der Waals surface area contributed by atoms with Crippen LogP contribution < -0.4 is 5.32 Å². The molecule has 2 atom stereocenters. The highest BCUT2D eigenvalue weighted by atomic mass is 32.2. The van der Waals surface area contributed by atoms with Crippen molar-refractivity contribution >= 4 is 36.9 Å². The second kappa shape index (κ2) is 6.51. The van der Waals surface area contributed by atoms with Crippen molar-refractivity contribution in [3.05, 3.63) is 0 Å². The predicted octanol–water partition coefficient (Wildman–Crippen LogP) is 0.655. The van der Waals surface area contributed by atoms with Crippen LogP contribution in [0.25, 0.3) is 0 Å². The molecule has 6 heteroatoms. The number of Topliss-reactive ketones (excluding diaryl/α,β-unsaturated/α-hetero) is 1. The van der Waals surface area contributed by atoms with E-state index in [2.05, 4.69) is 30.6 Å². The Bertz CT molecular complexity index is 269. The SMILES string of the molecule is CCC(O)C(C)C(=O)C(S)(S)CNC(C)=O. The lowest BCUT2D eigenvalue weighted by atomic mass is 9.95. The van der Waals surface area contributed by atoms with Gasteiger partial charge in [-0.05, 0) is 6.42 Å². The fourth-order valence-electron chi connectivity index (χ4n) is 1.23. The summed E-state index contributed by atoms with van der Waals surface area (Å²) in [4.78, 5) is 22.6. The number of thiol groups is 2. The summed E-state index contributed by atoms with van der Waals surface area (Å²) in [7, 11) is 0. The Morgan fingerprint density at radius 3 is 2.31 bits per heavy atom. The van der Waals surface area contributed by atoms with Crippen LogP contribution in [0.4, 0.5) is 0 Å². The second-order valence-electron chi connectivity index (χ2n) is 3.85. The molecule has 0 bridgehead atoms. The number of rotatable bonds is 6. The molecule has 0 aromatic rings. The molecule has 0 rings (SSSR count). The van der Waals surface area contributed by atoms with E-state index >= 15 is 0 Å². The number of aliphatic hydroxyl groups is 1. The summed E-state index contributed by atoms with van der Waals surface area (Å²) in [5.74, 6) is -1.08. The van der Waals surface area contributed by atoms with Gasteiger partial charge in [-0.3, -0.25) is 9.59 Å². The topological polar surface area (TPSA) is 66.4 Å². The molecule has 0 aliphatic carbocycles. The van der Waals surface area contributed by atoms with Crippen molar-refractivity contribution in [1.82, 2.24) is 5.32 Å². The van der Waals surface area contributed by atoms with Crippen molar-refractivity contribution < 1.29 is 14.7 Å². The van der Waals surface area contributed by atoms with E-state index in [0.29, 0.717) is 6.42 Å². The zero-order chi connectivity index (χ0) is 12.9. The van der Waals surface area contributed by atoms with Crippen LogP contribution in [0, 0.1) is 5.92 Å². The highest BCUT2D eigenvalue weighted by Crippen LogP contribution is 2.26. The molecule has 0 radical (unpaired) electrons. The molecule has 4 nitrogen and oxygen atoms in total. The zero-order valence-corrected chi connectivity index (χ0v) is 11.5. The molecule has 0 fully saturated rings. The molecule has 94 valence electrons. The van der Waals surface area contributed by atoms with Crippen LogP contribution in [0.5, 0.6) is 0 Å². The van der Waals surface area contributed by atoms with Gasteiger partial charge >= 0.3 is 0 Å². The average molecular weight is 265 g/mol. The van der Waals surface area contributed by atoms with E-state index < -0.39 is 16.1 Å². The number of nitrogens with one attached hydrogen (secondary N) is 1. The van der Waals surface area contributed by atoms with Gasteiger partial charge in [-0.15, -0.1) is 0 Å². The third-order valence-corrected chi connectivity index (χ3v) is 3.14. The molecular weight excluding hydrogens is 246 g/mol. The summed E-state index contributed by atoms with van der Waals surface area (Å²) in [6, 6.07) is 0. The molecule has 2 unspecified atom stereocenters. The summed E-state index contributed by atoms with van der Waals surface area (Å²) >= 11 is 8.24. The number of carbonyl (C=O) groups excluding carboxylic acids is 2. The molecule has 0 aromatic heterocycles. The van der Waals surface area contributed by atoms with Crippen molar-refractivity contribution in [2.24, 2.45) is 5.92 Å². The summed E-state index contributed by atoms with van der Waals surface area (Å²) in [5.41, 5.74) is 0. The first-order chi connectivity index (χ1) is 7.22. The Morgan fingerprint density at radius 1 is 1.44 bits per heavy atom. The highest BCUT2D eigenvalue weighted by molar-refractivity contribution is 8.02. The third kappa shape index (κ3) is 4.76. The summed E-state index contributed by atoms with van der Waals surface area (Å²) in [6.45, 7) is 4.81. The lowest BCUT2D eigenvalue weighted by Gasteiger charge is -2.26. The van der Waals surface area contributed by atoms with Crippen LogP contribution in [-0.4, -0.2) is 33.5 Å². The van der Waals surface area contributed by atoms with Gasteiger partial charge in [0, 0.05) is 19.4 Å². The standard InChI is InChI=1S/C10H19NO3S2/c1-4-8(13)6(2)9(14)10(15,16)5-11-7(3)12/h6,8,13,15-16H,4-5H2,1-3H3,(H,11,12). The summed E-state index contributed by atoms with van der Waals surface area (Å²) in [6.07, 6.45) is -0.214. The van der Waals surface area contributed by atoms with E-state index in [-0.39, 0.29) is 18.2 Å². The number of aliphatic hydroxyl groups excluding tert-OH is 1. The fraction of sp³-hybridized carbons (Fsp3) is 0.800. The summed E-state index contributed by atoms with van der Waals surface area (Å²) < 4.78 is -1.25. The van der Waals surface area contributed by atoms with Gasteiger partial charge in [-0.2, -0.15) is 25.3 Å². The maximum absolute atomic E-state index is 11.9.